The third-order valence-electron chi connectivity index (χ3n) is 5.06. The minimum atomic E-state index is -0.144. The molecule has 30 heavy (non-hydrogen) atoms. The predicted molar refractivity (Wildman–Crippen MR) is 123 cm³/mol. The summed E-state index contributed by atoms with van der Waals surface area (Å²) in [6.07, 6.45) is 3.61. The van der Waals surface area contributed by atoms with E-state index in [0.717, 1.165) is 35.0 Å². The maximum absolute atomic E-state index is 12.7. The van der Waals surface area contributed by atoms with E-state index >= 15 is 0 Å². The molecule has 4 rings (SSSR count). The van der Waals surface area contributed by atoms with Crippen LogP contribution in [0.4, 0.5) is 10.7 Å². The van der Waals surface area contributed by atoms with Crippen molar-refractivity contribution in [2.75, 3.05) is 29.9 Å². The van der Waals surface area contributed by atoms with Crippen LogP contribution in [0.2, 0.25) is 0 Å². The second-order valence-electron chi connectivity index (χ2n) is 7.17. The van der Waals surface area contributed by atoms with E-state index in [0.29, 0.717) is 17.0 Å². The molecule has 0 radical (unpaired) electrons. The van der Waals surface area contributed by atoms with Crippen molar-refractivity contribution in [3.8, 4) is 0 Å². The van der Waals surface area contributed by atoms with Gasteiger partial charge in [-0.05, 0) is 55.8 Å². The van der Waals surface area contributed by atoms with Crippen LogP contribution in [0.1, 0.15) is 33.4 Å². The van der Waals surface area contributed by atoms with Crippen LogP contribution in [0, 0.1) is 6.92 Å². The summed E-state index contributed by atoms with van der Waals surface area (Å²) in [5.41, 5.74) is 4.57. The molecule has 0 saturated heterocycles. The van der Waals surface area contributed by atoms with Crippen molar-refractivity contribution in [1.82, 2.24) is 10.3 Å². The number of carbonyl (C=O) groups excluding carboxylic acids is 2. The first-order chi connectivity index (χ1) is 14.5. The lowest BCUT2D eigenvalue weighted by Gasteiger charge is -2.23. The van der Waals surface area contributed by atoms with E-state index < -0.39 is 0 Å². The summed E-state index contributed by atoms with van der Waals surface area (Å²) in [7, 11) is 0. The first-order valence-corrected chi connectivity index (χ1v) is 10.8. The summed E-state index contributed by atoms with van der Waals surface area (Å²) in [4.78, 5) is 30.8. The Labute approximate surface area is 179 Å². The number of nitrogens with zero attached hydrogens (tertiary/aromatic N) is 1. The average Bonchev–Trinajstić information content (AvgIpc) is 3.44. The van der Waals surface area contributed by atoms with Crippen molar-refractivity contribution in [2.45, 2.75) is 13.8 Å². The average molecular weight is 421 g/mol. The monoisotopic (exact) mass is 420 g/mol. The van der Waals surface area contributed by atoms with Crippen LogP contribution in [0.5, 0.6) is 0 Å². The molecule has 1 aromatic carbocycles. The van der Waals surface area contributed by atoms with Gasteiger partial charge in [0, 0.05) is 42.8 Å². The number of hydrogen-bond donors (Lipinski definition) is 3. The lowest BCUT2D eigenvalue weighted by molar-refractivity contribution is -0.110. The second kappa shape index (κ2) is 8.59. The molecular weight excluding hydrogens is 396 g/mol. The molecule has 0 atom stereocenters. The van der Waals surface area contributed by atoms with E-state index in [2.05, 4.69) is 52.6 Å². The SMILES string of the molecule is CCN(CCNC(=O)c1cc2c(s1)NC(=O)C2=Cc1ccc[nH]1)c1cccc(C)c1. The fourth-order valence-electron chi connectivity index (χ4n) is 3.51. The molecular formula is C23H24N4O2S. The van der Waals surface area contributed by atoms with E-state index in [9.17, 15) is 9.59 Å². The summed E-state index contributed by atoms with van der Waals surface area (Å²) in [5, 5.41) is 6.57. The number of benzene rings is 1. The van der Waals surface area contributed by atoms with Gasteiger partial charge in [0.05, 0.1) is 10.5 Å². The number of likely N-dealkylation sites (N-methyl/N-ethyl adjacent to an activating group) is 1. The van der Waals surface area contributed by atoms with Crippen LogP contribution in [-0.4, -0.2) is 36.4 Å². The van der Waals surface area contributed by atoms with Gasteiger partial charge in [-0.1, -0.05) is 12.1 Å². The van der Waals surface area contributed by atoms with Gasteiger partial charge in [-0.3, -0.25) is 9.59 Å². The molecule has 2 amide bonds. The van der Waals surface area contributed by atoms with Crippen LogP contribution in [0.3, 0.4) is 0 Å². The Kier molecular flexibility index (Phi) is 5.72. The van der Waals surface area contributed by atoms with Gasteiger partial charge in [-0.2, -0.15) is 0 Å². The summed E-state index contributed by atoms with van der Waals surface area (Å²) >= 11 is 1.30. The number of hydrogen-bond acceptors (Lipinski definition) is 4. The zero-order chi connectivity index (χ0) is 21.1. The zero-order valence-corrected chi connectivity index (χ0v) is 17.8. The van der Waals surface area contributed by atoms with Gasteiger partial charge < -0.3 is 20.5 Å². The molecule has 0 spiro atoms. The molecule has 1 aliphatic rings. The number of aromatic nitrogens is 1. The smallest absolute Gasteiger partial charge is 0.261 e. The number of rotatable bonds is 7. The molecule has 0 unspecified atom stereocenters. The number of nitrogens with one attached hydrogen (secondary N) is 3. The predicted octanol–water partition coefficient (Wildman–Crippen LogP) is 4.13. The van der Waals surface area contributed by atoms with Crippen molar-refractivity contribution >= 4 is 45.5 Å². The summed E-state index contributed by atoms with van der Waals surface area (Å²) in [6, 6.07) is 13.9. The summed E-state index contributed by atoms with van der Waals surface area (Å²) < 4.78 is 0. The van der Waals surface area contributed by atoms with Crippen molar-refractivity contribution < 1.29 is 9.59 Å². The lowest BCUT2D eigenvalue weighted by atomic mass is 10.1. The molecule has 0 aliphatic carbocycles. The molecule has 3 heterocycles. The highest BCUT2D eigenvalue weighted by Crippen LogP contribution is 2.39. The quantitative estimate of drug-likeness (QED) is 0.503. The molecule has 3 N–H and O–H groups in total. The fourth-order valence-corrected chi connectivity index (χ4v) is 4.49. The summed E-state index contributed by atoms with van der Waals surface area (Å²) in [6.45, 7) is 6.32. The Morgan fingerprint density at radius 1 is 1.23 bits per heavy atom. The van der Waals surface area contributed by atoms with E-state index in [-0.39, 0.29) is 11.8 Å². The van der Waals surface area contributed by atoms with Gasteiger partial charge in [0.25, 0.3) is 11.8 Å². The number of thiophene rings is 1. The number of amides is 2. The fraction of sp³-hybridized carbons (Fsp3) is 0.217. The molecule has 0 saturated carbocycles. The zero-order valence-electron chi connectivity index (χ0n) is 17.0. The Balaban J connectivity index is 1.41. The van der Waals surface area contributed by atoms with E-state index in [1.807, 2.05) is 24.4 Å². The van der Waals surface area contributed by atoms with Gasteiger partial charge in [-0.15, -0.1) is 11.3 Å². The van der Waals surface area contributed by atoms with E-state index in [1.165, 1.54) is 16.9 Å². The Hall–Kier alpha value is -3.32. The molecule has 6 nitrogen and oxygen atoms in total. The number of carbonyl (C=O) groups is 2. The van der Waals surface area contributed by atoms with Crippen LogP contribution in [-0.2, 0) is 4.79 Å². The number of anilines is 2. The topological polar surface area (TPSA) is 77.2 Å². The van der Waals surface area contributed by atoms with Crippen LogP contribution in [0.25, 0.3) is 11.6 Å². The standard InChI is InChI=1S/C23H24N4O2S/c1-3-27(17-8-4-6-15(2)12-17)11-10-25-22(29)20-14-19-18(13-16-7-5-9-24-16)21(28)26-23(19)30-20/h4-9,12-14,24H,3,10-11H2,1-2H3,(H,25,29)(H,26,28). The number of aromatic amines is 1. The first-order valence-electron chi connectivity index (χ1n) is 9.95. The van der Waals surface area contributed by atoms with Crippen LogP contribution in [0.15, 0.2) is 48.7 Å². The maximum Gasteiger partial charge on any atom is 0.261 e. The van der Waals surface area contributed by atoms with Gasteiger partial charge in [0.1, 0.15) is 5.00 Å². The maximum atomic E-state index is 12.7. The van der Waals surface area contributed by atoms with Crippen molar-refractivity contribution in [3.05, 3.63) is 70.4 Å². The molecule has 7 heteroatoms. The van der Waals surface area contributed by atoms with E-state index in [4.69, 9.17) is 0 Å². The summed E-state index contributed by atoms with van der Waals surface area (Å²) in [5.74, 6) is -0.266. The highest BCUT2D eigenvalue weighted by molar-refractivity contribution is 7.18. The number of aryl methyl sites for hydroxylation is 1. The van der Waals surface area contributed by atoms with Gasteiger partial charge in [-0.25, -0.2) is 0 Å². The van der Waals surface area contributed by atoms with E-state index in [1.54, 1.807) is 12.1 Å². The normalized spacial score (nSPS) is 13.9. The third-order valence-corrected chi connectivity index (χ3v) is 6.10. The Morgan fingerprint density at radius 2 is 2.10 bits per heavy atom. The highest BCUT2D eigenvalue weighted by atomic mass is 32.1. The third kappa shape index (κ3) is 4.16. The molecule has 0 bridgehead atoms. The molecule has 0 fully saturated rings. The minimum Gasteiger partial charge on any atom is -0.370 e. The number of H-pyrrole nitrogens is 1. The lowest BCUT2D eigenvalue weighted by Crippen LogP contribution is -2.34. The molecule has 154 valence electrons. The van der Waals surface area contributed by atoms with Gasteiger partial charge in [0.2, 0.25) is 0 Å². The largest absolute Gasteiger partial charge is 0.370 e. The minimum absolute atomic E-state index is 0.122. The van der Waals surface area contributed by atoms with Crippen molar-refractivity contribution in [3.63, 3.8) is 0 Å². The van der Waals surface area contributed by atoms with Crippen molar-refractivity contribution in [1.29, 1.82) is 0 Å². The molecule has 3 aromatic rings. The number of fused-ring (bicyclic) bond motifs is 1. The first kappa shape index (κ1) is 20.0. The van der Waals surface area contributed by atoms with Crippen LogP contribution < -0.4 is 15.5 Å². The molecule has 1 aliphatic heterocycles. The Morgan fingerprint density at radius 3 is 2.83 bits per heavy atom. The van der Waals surface area contributed by atoms with Gasteiger partial charge in [0.15, 0.2) is 0 Å². The van der Waals surface area contributed by atoms with Gasteiger partial charge >= 0.3 is 0 Å². The van der Waals surface area contributed by atoms with Crippen molar-refractivity contribution in [2.24, 2.45) is 0 Å². The Bertz CT molecular complexity index is 1100. The molecule has 2 aromatic heterocycles. The highest BCUT2D eigenvalue weighted by Gasteiger charge is 2.28. The van der Waals surface area contributed by atoms with Crippen LogP contribution >= 0.6 is 11.3 Å². The second-order valence-corrected chi connectivity index (χ2v) is 8.22.